The number of esters is 1. The molecule has 3 rings (SSSR count). The van der Waals surface area contributed by atoms with Crippen molar-refractivity contribution in [2.45, 2.75) is 44.2 Å². The van der Waals surface area contributed by atoms with E-state index < -0.39 is 28.0 Å². The van der Waals surface area contributed by atoms with Crippen LogP contribution in [0.4, 0.5) is 0 Å². The van der Waals surface area contributed by atoms with Crippen LogP contribution in [-0.2, 0) is 30.9 Å². The lowest BCUT2D eigenvalue weighted by Crippen LogP contribution is -2.42. The highest BCUT2D eigenvalue weighted by atomic mass is 32.2. The van der Waals surface area contributed by atoms with E-state index in [4.69, 9.17) is 9.47 Å². The molecule has 0 aliphatic carbocycles. The minimum Gasteiger partial charge on any atom is -0.494 e. The number of ether oxygens (including phenoxy) is 2. The van der Waals surface area contributed by atoms with Crippen LogP contribution >= 0.6 is 11.3 Å². The van der Waals surface area contributed by atoms with Crippen molar-refractivity contribution in [3.63, 3.8) is 0 Å². The van der Waals surface area contributed by atoms with Crippen LogP contribution in [0.15, 0.2) is 46.7 Å². The van der Waals surface area contributed by atoms with Crippen LogP contribution in [0.25, 0.3) is 0 Å². The Morgan fingerprint density at radius 3 is 2.47 bits per heavy atom. The first-order valence-corrected chi connectivity index (χ1v) is 12.9. The van der Waals surface area contributed by atoms with Crippen LogP contribution in [-0.4, -0.2) is 50.4 Å². The molecule has 1 N–H and O–H groups in total. The highest BCUT2D eigenvalue weighted by Crippen LogP contribution is 2.26. The molecule has 32 heavy (non-hydrogen) atoms. The lowest BCUT2D eigenvalue weighted by atomic mass is 9.98. The number of nitrogens with zero attached hydrogens (tertiary/aromatic N) is 1. The second kappa shape index (κ2) is 10.9. The fourth-order valence-corrected chi connectivity index (χ4v) is 5.52. The molecule has 1 aromatic carbocycles. The van der Waals surface area contributed by atoms with Gasteiger partial charge in [-0.15, -0.1) is 11.3 Å². The van der Waals surface area contributed by atoms with Gasteiger partial charge in [-0.05, 0) is 62.4 Å². The van der Waals surface area contributed by atoms with Crippen molar-refractivity contribution in [3.8, 4) is 5.75 Å². The van der Waals surface area contributed by atoms with Crippen LogP contribution in [0.2, 0.25) is 0 Å². The van der Waals surface area contributed by atoms with Gasteiger partial charge < -0.3 is 14.8 Å². The highest BCUT2D eigenvalue weighted by molar-refractivity contribution is 7.89. The smallest absolute Gasteiger partial charge is 0.309 e. The fourth-order valence-electron chi connectivity index (χ4n) is 3.41. The van der Waals surface area contributed by atoms with Crippen LogP contribution in [0, 0.1) is 5.92 Å². The van der Waals surface area contributed by atoms with E-state index in [1.165, 1.54) is 34.7 Å². The monoisotopic (exact) mass is 480 g/mol. The van der Waals surface area contributed by atoms with Crippen molar-refractivity contribution in [2.75, 3.05) is 19.7 Å². The number of rotatable bonds is 9. The van der Waals surface area contributed by atoms with Gasteiger partial charge in [-0.2, -0.15) is 4.31 Å². The molecule has 1 aliphatic rings. The summed E-state index contributed by atoms with van der Waals surface area (Å²) in [5, 5.41) is 4.67. The third-order valence-electron chi connectivity index (χ3n) is 5.24. The van der Waals surface area contributed by atoms with Gasteiger partial charge in [0.25, 0.3) is 5.91 Å². The topological polar surface area (TPSA) is 102 Å². The number of nitrogens with one attached hydrogen (secondary N) is 1. The first-order chi connectivity index (χ1) is 15.3. The maximum Gasteiger partial charge on any atom is 0.309 e. The highest BCUT2D eigenvalue weighted by Gasteiger charge is 2.34. The van der Waals surface area contributed by atoms with E-state index >= 15 is 0 Å². The van der Waals surface area contributed by atoms with E-state index in [0.29, 0.717) is 31.7 Å². The number of thiophene rings is 1. The standard InChI is InChI=1S/C22H28N2O6S2/c1-3-29-18-6-8-20(9-7-18)32(27,28)24-12-10-17(11-13-24)22(26)30-16(2)21(25)23-15-19-5-4-14-31-19/h4-9,14,16-17H,3,10-13,15H2,1-2H3,(H,23,25). The number of piperidine rings is 1. The van der Waals surface area contributed by atoms with E-state index in [9.17, 15) is 18.0 Å². The first-order valence-electron chi connectivity index (χ1n) is 10.5. The number of sulfonamides is 1. The van der Waals surface area contributed by atoms with Crippen molar-refractivity contribution < 1.29 is 27.5 Å². The van der Waals surface area contributed by atoms with E-state index in [1.807, 2.05) is 24.4 Å². The maximum atomic E-state index is 12.9. The average Bonchev–Trinajstić information content (AvgIpc) is 3.32. The summed E-state index contributed by atoms with van der Waals surface area (Å²) in [7, 11) is -3.65. The molecule has 174 valence electrons. The normalized spacial score (nSPS) is 16.3. The van der Waals surface area contributed by atoms with Gasteiger partial charge in [0.2, 0.25) is 10.0 Å². The number of hydrogen-bond acceptors (Lipinski definition) is 7. The Balaban J connectivity index is 1.48. The van der Waals surface area contributed by atoms with Crippen LogP contribution in [0.5, 0.6) is 5.75 Å². The van der Waals surface area contributed by atoms with Gasteiger partial charge in [0.05, 0.1) is 24.0 Å². The number of hydrogen-bond donors (Lipinski definition) is 1. The van der Waals surface area contributed by atoms with Crippen LogP contribution < -0.4 is 10.1 Å². The van der Waals surface area contributed by atoms with Gasteiger partial charge in [-0.25, -0.2) is 8.42 Å². The van der Waals surface area contributed by atoms with Gasteiger partial charge >= 0.3 is 5.97 Å². The van der Waals surface area contributed by atoms with Crippen molar-refractivity contribution in [3.05, 3.63) is 46.7 Å². The zero-order valence-electron chi connectivity index (χ0n) is 18.2. The molecular weight excluding hydrogens is 452 g/mol. The summed E-state index contributed by atoms with van der Waals surface area (Å²) in [4.78, 5) is 25.9. The van der Waals surface area contributed by atoms with Gasteiger partial charge in [0.1, 0.15) is 5.75 Å². The summed E-state index contributed by atoms with van der Waals surface area (Å²) in [6.45, 7) is 4.72. The molecule has 1 fully saturated rings. The minimum absolute atomic E-state index is 0.193. The molecule has 1 amide bonds. The number of benzene rings is 1. The van der Waals surface area contributed by atoms with E-state index in [-0.39, 0.29) is 23.9 Å². The maximum absolute atomic E-state index is 12.9. The lowest BCUT2D eigenvalue weighted by molar-refractivity contribution is -0.159. The number of amides is 1. The molecule has 2 aromatic rings. The minimum atomic E-state index is -3.65. The van der Waals surface area contributed by atoms with Gasteiger partial charge in [0, 0.05) is 18.0 Å². The molecule has 0 spiro atoms. The summed E-state index contributed by atoms with van der Waals surface area (Å²) in [6.07, 6.45) is -0.217. The molecule has 1 atom stereocenters. The molecular formula is C22H28N2O6S2. The summed E-state index contributed by atoms with van der Waals surface area (Å²) in [5.74, 6) is -0.653. The number of carbonyl (C=O) groups is 2. The van der Waals surface area contributed by atoms with Crippen LogP contribution in [0.1, 0.15) is 31.6 Å². The second-order valence-electron chi connectivity index (χ2n) is 7.46. The molecule has 8 nitrogen and oxygen atoms in total. The third kappa shape index (κ3) is 6.08. The molecule has 0 bridgehead atoms. The van der Waals surface area contributed by atoms with Gasteiger partial charge in [0.15, 0.2) is 6.10 Å². The Morgan fingerprint density at radius 1 is 1.19 bits per heavy atom. The Kier molecular flexibility index (Phi) is 8.27. The van der Waals surface area contributed by atoms with E-state index in [2.05, 4.69) is 5.32 Å². The van der Waals surface area contributed by atoms with E-state index in [0.717, 1.165) is 4.88 Å². The Labute approximate surface area is 192 Å². The fraction of sp³-hybridized carbons (Fsp3) is 0.455. The summed E-state index contributed by atoms with van der Waals surface area (Å²) >= 11 is 1.53. The van der Waals surface area contributed by atoms with Crippen molar-refractivity contribution in [2.24, 2.45) is 5.92 Å². The van der Waals surface area contributed by atoms with Gasteiger partial charge in [-0.3, -0.25) is 9.59 Å². The Morgan fingerprint density at radius 2 is 1.88 bits per heavy atom. The quantitative estimate of drug-likeness (QED) is 0.554. The molecule has 10 heteroatoms. The molecule has 0 saturated carbocycles. The largest absolute Gasteiger partial charge is 0.494 e. The van der Waals surface area contributed by atoms with Crippen LogP contribution in [0.3, 0.4) is 0 Å². The summed E-state index contributed by atoms with van der Waals surface area (Å²) in [5.41, 5.74) is 0. The van der Waals surface area contributed by atoms with Crippen molar-refractivity contribution in [1.82, 2.24) is 9.62 Å². The SMILES string of the molecule is CCOc1ccc(S(=O)(=O)N2CCC(C(=O)OC(C)C(=O)NCc3cccs3)CC2)cc1. The summed E-state index contributed by atoms with van der Waals surface area (Å²) < 4.78 is 37.8. The molecule has 0 radical (unpaired) electrons. The summed E-state index contributed by atoms with van der Waals surface area (Å²) in [6, 6.07) is 10.1. The van der Waals surface area contributed by atoms with E-state index in [1.54, 1.807) is 12.1 Å². The molecule has 1 unspecified atom stereocenters. The first kappa shape index (κ1) is 24.2. The molecule has 1 aliphatic heterocycles. The third-order valence-corrected chi connectivity index (χ3v) is 8.03. The van der Waals surface area contributed by atoms with Crippen molar-refractivity contribution >= 4 is 33.2 Å². The predicted octanol–water partition coefficient (Wildman–Crippen LogP) is 2.80. The average molecular weight is 481 g/mol. The predicted molar refractivity (Wildman–Crippen MR) is 121 cm³/mol. The van der Waals surface area contributed by atoms with Crippen molar-refractivity contribution in [1.29, 1.82) is 0 Å². The second-order valence-corrected chi connectivity index (χ2v) is 10.4. The Hall–Kier alpha value is -2.43. The zero-order chi connectivity index (χ0) is 23.1. The molecule has 2 heterocycles. The molecule has 1 saturated heterocycles. The Bertz CT molecular complexity index is 998. The zero-order valence-corrected chi connectivity index (χ0v) is 19.8. The molecule has 1 aromatic heterocycles. The van der Waals surface area contributed by atoms with Gasteiger partial charge in [-0.1, -0.05) is 6.07 Å². The lowest BCUT2D eigenvalue weighted by Gasteiger charge is -2.30. The number of carbonyl (C=O) groups excluding carboxylic acids is 2.